The van der Waals surface area contributed by atoms with Crippen molar-refractivity contribution in [3.8, 4) is 0 Å². The number of aliphatic hydroxyl groups is 1. The predicted octanol–water partition coefficient (Wildman–Crippen LogP) is 4.57. The monoisotopic (exact) mass is 308 g/mol. The lowest BCUT2D eigenvalue weighted by Crippen LogP contribution is -2.21. The number of ether oxygens (including phenoxy) is 1. The average molecular weight is 308 g/mol. The van der Waals surface area contributed by atoms with Crippen LogP contribution in [0.25, 0.3) is 0 Å². The highest BCUT2D eigenvalue weighted by molar-refractivity contribution is 5.71. The van der Waals surface area contributed by atoms with Crippen LogP contribution in [0.5, 0.6) is 0 Å². The van der Waals surface area contributed by atoms with Gasteiger partial charge in [0.25, 0.3) is 0 Å². The van der Waals surface area contributed by atoms with Crippen LogP contribution in [0.15, 0.2) is 36.0 Å². The van der Waals surface area contributed by atoms with Crippen molar-refractivity contribution in [2.24, 2.45) is 5.92 Å². The van der Waals surface area contributed by atoms with Crippen LogP contribution in [0.2, 0.25) is 0 Å². The van der Waals surface area contributed by atoms with Gasteiger partial charge in [0.2, 0.25) is 0 Å². The predicted molar refractivity (Wildman–Crippen MR) is 92.6 cm³/mol. The van der Waals surface area contributed by atoms with E-state index >= 15 is 0 Å². The van der Waals surface area contributed by atoms with E-state index in [0.29, 0.717) is 12.8 Å². The van der Waals surface area contributed by atoms with E-state index < -0.39 is 5.60 Å². The molecule has 0 aromatic rings. The zero-order valence-electron chi connectivity index (χ0n) is 15.0. The summed E-state index contributed by atoms with van der Waals surface area (Å²) in [6.07, 6.45) is 7.49. The summed E-state index contributed by atoms with van der Waals surface area (Å²) >= 11 is 0. The van der Waals surface area contributed by atoms with Crippen molar-refractivity contribution in [3.63, 3.8) is 0 Å². The summed E-state index contributed by atoms with van der Waals surface area (Å²) in [4.78, 5) is 11.8. The van der Waals surface area contributed by atoms with E-state index in [1.165, 1.54) is 0 Å². The van der Waals surface area contributed by atoms with Crippen LogP contribution >= 0.6 is 0 Å². The van der Waals surface area contributed by atoms with Gasteiger partial charge in [-0.1, -0.05) is 37.1 Å². The molecule has 0 aliphatic rings. The lowest BCUT2D eigenvalue weighted by Gasteiger charge is -2.18. The summed E-state index contributed by atoms with van der Waals surface area (Å²) in [7, 11) is 0. The molecule has 0 unspecified atom stereocenters. The highest BCUT2D eigenvalue weighted by Crippen LogP contribution is 2.17. The van der Waals surface area contributed by atoms with Gasteiger partial charge in [0.15, 0.2) is 0 Å². The molecule has 0 aromatic carbocycles. The van der Waals surface area contributed by atoms with E-state index in [0.717, 1.165) is 17.6 Å². The molecule has 0 aliphatic heterocycles. The highest BCUT2D eigenvalue weighted by Gasteiger charge is 2.16. The van der Waals surface area contributed by atoms with Crippen LogP contribution in [0.4, 0.5) is 0 Å². The smallest absolute Gasteiger partial charge is 0.308 e. The van der Waals surface area contributed by atoms with Crippen molar-refractivity contribution in [1.82, 2.24) is 0 Å². The molecule has 0 rings (SSSR count). The van der Waals surface area contributed by atoms with Crippen molar-refractivity contribution in [2.45, 2.75) is 72.5 Å². The van der Waals surface area contributed by atoms with Gasteiger partial charge in [-0.3, -0.25) is 4.79 Å². The van der Waals surface area contributed by atoms with Crippen LogP contribution < -0.4 is 0 Å². The maximum atomic E-state index is 11.8. The molecular weight excluding hydrogens is 276 g/mol. The normalized spacial score (nSPS) is 15.9. The first-order valence-electron chi connectivity index (χ1n) is 7.94. The fraction of sp³-hybridized carbons (Fsp3) is 0.632. The maximum absolute atomic E-state index is 11.8. The number of hydrogen-bond donors (Lipinski definition) is 1. The molecule has 126 valence electrons. The Hall–Kier alpha value is -1.35. The van der Waals surface area contributed by atoms with Crippen molar-refractivity contribution >= 4 is 5.97 Å². The second kappa shape index (κ2) is 9.62. The minimum absolute atomic E-state index is 0.125. The van der Waals surface area contributed by atoms with Crippen LogP contribution in [0.3, 0.4) is 0 Å². The third-order valence-electron chi connectivity index (χ3n) is 3.36. The molecule has 22 heavy (non-hydrogen) atoms. The van der Waals surface area contributed by atoms with E-state index in [2.05, 4.69) is 12.7 Å². The molecule has 2 atom stereocenters. The lowest BCUT2D eigenvalue weighted by molar-refractivity contribution is -0.150. The summed E-state index contributed by atoms with van der Waals surface area (Å²) in [6, 6.07) is 0. The fourth-order valence-electron chi connectivity index (χ4n) is 1.91. The molecule has 1 N–H and O–H groups in total. The molecule has 0 spiro atoms. The third-order valence-corrected chi connectivity index (χ3v) is 3.36. The summed E-state index contributed by atoms with van der Waals surface area (Å²) in [5.74, 6) is -0.301. The Morgan fingerprint density at radius 1 is 1.32 bits per heavy atom. The topological polar surface area (TPSA) is 46.5 Å². The van der Waals surface area contributed by atoms with Crippen molar-refractivity contribution < 1.29 is 14.6 Å². The fourth-order valence-corrected chi connectivity index (χ4v) is 1.91. The Kier molecular flexibility index (Phi) is 9.03. The van der Waals surface area contributed by atoms with Gasteiger partial charge in [-0.2, -0.15) is 0 Å². The highest BCUT2D eigenvalue weighted by atomic mass is 16.5. The standard InChI is InChI=1S/C19H32O3/c1-8-19(7,21)11-9-10-16(6)13-17(12-14(2)3)22-18(20)15(4)5/h8,10,12,15,17,21H,1,9,11,13H2,2-7H3/b16-10+/t17-,19-/m1/s1. The van der Waals surface area contributed by atoms with E-state index in [1.807, 2.05) is 40.7 Å². The van der Waals surface area contributed by atoms with Gasteiger partial charge in [0.1, 0.15) is 6.10 Å². The van der Waals surface area contributed by atoms with Crippen LogP contribution in [0, 0.1) is 5.92 Å². The Bertz CT molecular complexity index is 424. The van der Waals surface area contributed by atoms with Gasteiger partial charge in [0, 0.05) is 6.42 Å². The first-order valence-corrected chi connectivity index (χ1v) is 7.94. The number of carbonyl (C=O) groups is 1. The van der Waals surface area contributed by atoms with Gasteiger partial charge >= 0.3 is 5.97 Å². The quantitative estimate of drug-likeness (QED) is 0.501. The summed E-state index contributed by atoms with van der Waals surface area (Å²) in [5, 5.41) is 9.89. The SMILES string of the molecule is C=C[C@@](C)(O)CC/C=C(\C)C[C@@H](C=C(C)C)OC(=O)C(C)C. The molecule has 3 heteroatoms. The number of esters is 1. The molecule has 0 heterocycles. The summed E-state index contributed by atoms with van der Waals surface area (Å²) < 4.78 is 5.54. The molecule has 3 nitrogen and oxygen atoms in total. The Morgan fingerprint density at radius 2 is 1.91 bits per heavy atom. The molecule has 0 radical (unpaired) electrons. The van der Waals surface area contributed by atoms with E-state index in [1.54, 1.807) is 13.0 Å². The van der Waals surface area contributed by atoms with Crippen molar-refractivity contribution in [1.29, 1.82) is 0 Å². The van der Waals surface area contributed by atoms with E-state index in [4.69, 9.17) is 4.74 Å². The second-order valence-corrected chi connectivity index (χ2v) is 6.73. The summed E-state index contributed by atoms with van der Waals surface area (Å²) in [5.41, 5.74) is 1.45. The minimum atomic E-state index is -0.833. The largest absolute Gasteiger partial charge is 0.458 e. The molecule has 0 aromatic heterocycles. The Balaban J connectivity index is 4.68. The minimum Gasteiger partial charge on any atom is -0.458 e. The third kappa shape index (κ3) is 9.56. The number of rotatable bonds is 9. The van der Waals surface area contributed by atoms with Gasteiger partial charge in [-0.25, -0.2) is 0 Å². The first-order chi connectivity index (χ1) is 10.1. The molecular formula is C19H32O3. The molecule has 0 saturated heterocycles. The molecule has 0 saturated carbocycles. The van der Waals surface area contributed by atoms with Crippen LogP contribution in [0.1, 0.15) is 60.8 Å². The van der Waals surface area contributed by atoms with E-state index in [9.17, 15) is 9.90 Å². The van der Waals surface area contributed by atoms with E-state index in [-0.39, 0.29) is 18.0 Å². The number of allylic oxidation sites excluding steroid dienone is 2. The summed E-state index contributed by atoms with van der Waals surface area (Å²) in [6.45, 7) is 15.1. The lowest BCUT2D eigenvalue weighted by atomic mass is 9.98. The van der Waals surface area contributed by atoms with Crippen molar-refractivity contribution in [2.75, 3.05) is 0 Å². The molecule has 0 fully saturated rings. The van der Waals surface area contributed by atoms with Crippen molar-refractivity contribution in [3.05, 3.63) is 36.0 Å². The first kappa shape index (κ1) is 20.6. The van der Waals surface area contributed by atoms with Gasteiger partial charge in [-0.05, 0) is 46.6 Å². The maximum Gasteiger partial charge on any atom is 0.308 e. The van der Waals surface area contributed by atoms with Gasteiger partial charge in [0.05, 0.1) is 11.5 Å². The molecule has 0 bridgehead atoms. The number of carbonyl (C=O) groups excluding carboxylic acids is 1. The number of hydrogen-bond acceptors (Lipinski definition) is 3. The van der Waals surface area contributed by atoms with Crippen LogP contribution in [-0.4, -0.2) is 22.8 Å². The average Bonchev–Trinajstić information content (AvgIpc) is 2.37. The Labute approximate surface area is 135 Å². The van der Waals surface area contributed by atoms with Crippen LogP contribution in [-0.2, 0) is 9.53 Å². The van der Waals surface area contributed by atoms with Gasteiger partial charge < -0.3 is 9.84 Å². The second-order valence-electron chi connectivity index (χ2n) is 6.73. The van der Waals surface area contributed by atoms with Gasteiger partial charge in [-0.15, -0.1) is 6.58 Å². The zero-order chi connectivity index (χ0) is 17.3. The Morgan fingerprint density at radius 3 is 2.36 bits per heavy atom. The molecule has 0 aliphatic carbocycles. The molecule has 0 amide bonds. The zero-order valence-corrected chi connectivity index (χ0v) is 15.0.